The Balaban J connectivity index is 0.000001000. The molecule has 8 nitrogen and oxygen atoms in total. The Morgan fingerprint density at radius 3 is 2.82 bits per heavy atom. The molecule has 0 atom stereocenters. The number of nitrogens with one attached hydrogen (secondary N) is 1. The van der Waals surface area contributed by atoms with Crippen molar-refractivity contribution in [2.24, 2.45) is 5.11 Å². The number of azide groups is 1. The number of hydrogen-bond acceptors (Lipinski definition) is 4. The lowest BCUT2D eigenvalue weighted by atomic mass is 11.0. The Bertz CT molecular complexity index is 313. The number of aromatic nitrogens is 3. The molecule has 1 heterocycles. The molecule has 0 aliphatic rings. The second-order valence-corrected chi connectivity index (χ2v) is 1.25. The third-order valence-corrected chi connectivity index (χ3v) is 0.691. The van der Waals surface area contributed by atoms with Gasteiger partial charge in [0.15, 0.2) is 0 Å². The van der Waals surface area contributed by atoms with Crippen LogP contribution in [-0.2, 0) is 0 Å². The van der Waals surface area contributed by atoms with E-state index < -0.39 is 0 Å². The van der Waals surface area contributed by atoms with Crippen LogP contribution in [0.5, 0.6) is 0 Å². The molecular formula is C2HClN8. The molecular weight excluding hydrogens is 172 g/mol. The molecule has 0 spiro atoms. The Morgan fingerprint density at radius 2 is 2.36 bits per heavy atom. The van der Waals surface area contributed by atoms with Gasteiger partial charge in [-0.1, -0.05) is 0 Å². The van der Waals surface area contributed by atoms with Crippen molar-refractivity contribution < 1.29 is 12.4 Å². The summed E-state index contributed by atoms with van der Waals surface area (Å²) in [6.45, 7) is 0. The Labute approximate surface area is 66.3 Å². The topological polar surface area (TPSA) is 118 Å². The van der Waals surface area contributed by atoms with Gasteiger partial charge in [-0.2, -0.15) is 5.10 Å². The standard InChI is InChI=1S/C2HN8.ClH/c3-6-1-5-2(8-7-1)9-10-4;/h(H,5,7,8);1H/q+1;/p-1. The van der Waals surface area contributed by atoms with Crippen LogP contribution in [0.2, 0.25) is 0 Å². The predicted molar refractivity (Wildman–Crippen MR) is 29.9 cm³/mol. The molecule has 0 saturated carbocycles. The smallest absolute Gasteiger partial charge is 0.583 e. The predicted octanol–water partition coefficient (Wildman–Crippen LogP) is -1.76. The molecule has 1 rings (SSSR count). The van der Waals surface area contributed by atoms with Crippen LogP contribution < -0.4 is 12.4 Å². The third kappa shape index (κ3) is 2.09. The fraction of sp³-hybridized carbons (Fsp3) is 0. The maximum Gasteiger partial charge on any atom is 0.583 e. The summed E-state index contributed by atoms with van der Waals surface area (Å²) in [7, 11) is 0. The summed E-state index contributed by atoms with van der Waals surface area (Å²) in [6.07, 6.45) is 0. The molecule has 1 N–H and O–H groups in total. The van der Waals surface area contributed by atoms with Gasteiger partial charge in [0.25, 0.3) is 0 Å². The molecule has 9 heteroatoms. The van der Waals surface area contributed by atoms with E-state index in [9.17, 15) is 0 Å². The quantitative estimate of drug-likeness (QED) is 0.234. The zero-order chi connectivity index (χ0) is 7.40. The Kier molecular flexibility index (Phi) is 3.37. The molecule has 0 unspecified atom stereocenters. The molecule has 0 fully saturated rings. The lowest BCUT2D eigenvalue weighted by Gasteiger charge is -1.60. The first kappa shape index (κ1) is 9.16. The normalized spacial score (nSPS) is 7.18. The molecule has 0 aliphatic carbocycles. The molecule has 0 aromatic carbocycles. The summed E-state index contributed by atoms with van der Waals surface area (Å²) < 4.78 is 0. The van der Waals surface area contributed by atoms with Crippen molar-refractivity contribution in [3.05, 3.63) is 15.4 Å². The van der Waals surface area contributed by atoms with Gasteiger partial charge >= 0.3 is 11.9 Å². The Hall–Kier alpha value is -1.84. The zero-order valence-corrected chi connectivity index (χ0v) is 5.76. The van der Waals surface area contributed by atoms with E-state index in [-0.39, 0.29) is 24.3 Å². The van der Waals surface area contributed by atoms with Crippen molar-refractivity contribution in [3.8, 4) is 0 Å². The maximum atomic E-state index is 8.06. The lowest BCUT2D eigenvalue weighted by Crippen LogP contribution is -3.00. The molecule has 1 aromatic rings. The van der Waals surface area contributed by atoms with Crippen molar-refractivity contribution >= 4 is 11.9 Å². The van der Waals surface area contributed by atoms with Crippen LogP contribution in [0, 0.1) is 5.39 Å². The number of halogens is 1. The van der Waals surface area contributed by atoms with Gasteiger partial charge in [0, 0.05) is 10.0 Å². The van der Waals surface area contributed by atoms with E-state index in [1.165, 1.54) is 0 Å². The molecule has 56 valence electrons. The highest BCUT2D eigenvalue weighted by Crippen LogP contribution is 2.08. The van der Waals surface area contributed by atoms with Crippen molar-refractivity contribution in [1.29, 1.82) is 5.39 Å². The van der Waals surface area contributed by atoms with Crippen LogP contribution in [0.1, 0.15) is 0 Å². The maximum absolute atomic E-state index is 8.06. The molecule has 0 bridgehead atoms. The number of nitrogens with zero attached hydrogens (tertiary/aromatic N) is 7. The van der Waals surface area contributed by atoms with E-state index in [2.05, 4.69) is 30.2 Å². The highest BCUT2D eigenvalue weighted by Gasteiger charge is 2.11. The summed E-state index contributed by atoms with van der Waals surface area (Å²) in [5.41, 5.74) is 7.88. The number of H-pyrrole nitrogens is 1. The van der Waals surface area contributed by atoms with Gasteiger partial charge < -0.3 is 12.4 Å². The summed E-state index contributed by atoms with van der Waals surface area (Å²) in [5, 5.41) is 16.7. The SMILES string of the molecule is N#[N+]c1n[nH]c(N=[N+]=[N-])n1.[Cl-]. The first-order valence-corrected chi connectivity index (χ1v) is 2.19. The van der Waals surface area contributed by atoms with Crippen molar-refractivity contribution in [2.75, 3.05) is 0 Å². The fourth-order valence-corrected chi connectivity index (χ4v) is 0.377. The second kappa shape index (κ2) is 4.05. The molecule has 0 amide bonds. The van der Waals surface area contributed by atoms with Crippen LogP contribution in [-0.4, -0.2) is 15.2 Å². The number of aromatic amines is 1. The molecule has 0 aliphatic heterocycles. The summed E-state index contributed by atoms with van der Waals surface area (Å²) >= 11 is 0. The van der Waals surface area contributed by atoms with Crippen LogP contribution in [0.15, 0.2) is 5.11 Å². The average molecular weight is 173 g/mol. The van der Waals surface area contributed by atoms with E-state index in [0.717, 1.165) is 0 Å². The van der Waals surface area contributed by atoms with Crippen molar-refractivity contribution in [2.45, 2.75) is 0 Å². The van der Waals surface area contributed by atoms with Gasteiger partial charge in [0.1, 0.15) is 0 Å². The van der Waals surface area contributed by atoms with Gasteiger partial charge in [-0.3, -0.25) is 0 Å². The molecule has 11 heavy (non-hydrogen) atoms. The molecule has 0 saturated heterocycles. The van der Waals surface area contributed by atoms with Gasteiger partial charge in [0.2, 0.25) is 0 Å². The summed E-state index contributed by atoms with van der Waals surface area (Å²) in [6, 6.07) is 0. The molecule has 1 aromatic heterocycles. The van der Waals surface area contributed by atoms with E-state index >= 15 is 0 Å². The average Bonchev–Trinajstić information content (AvgIpc) is 2.37. The van der Waals surface area contributed by atoms with Crippen LogP contribution in [0.25, 0.3) is 15.4 Å². The van der Waals surface area contributed by atoms with Gasteiger partial charge in [-0.25, -0.2) is 0 Å². The lowest BCUT2D eigenvalue weighted by molar-refractivity contribution is -0.00000263. The monoisotopic (exact) mass is 172 g/mol. The largest absolute Gasteiger partial charge is 1.00 e. The fourth-order valence-electron chi connectivity index (χ4n) is 0.377. The van der Waals surface area contributed by atoms with Gasteiger partial charge in [-0.05, 0) is 20.6 Å². The first-order valence-electron chi connectivity index (χ1n) is 2.19. The highest BCUT2D eigenvalue weighted by atomic mass is 35.5. The summed E-state index contributed by atoms with van der Waals surface area (Å²) in [4.78, 5) is 8.47. The zero-order valence-electron chi connectivity index (χ0n) is 5.01. The Morgan fingerprint density at radius 1 is 1.64 bits per heavy atom. The number of hydrogen-bond donors (Lipinski definition) is 1. The summed E-state index contributed by atoms with van der Waals surface area (Å²) in [5.74, 6) is -0.197. The second-order valence-electron chi connectivity index (χ2n) is 1.25. The van der Waals surface area contributed by atoms with E-state index in [4.69, 9.17) is 10.9 Å². The van der Waals surface area contributed by atoms with Crippen molar-refractivity contribution in [3.63, 3.8) is 0 Å². The minimum absolute atomic E-state index is 0. The molecule has 0 radical (unpaired) electrons. The van der Waals surface area contributed by atoms with Crippen LogP contribution in [0.3, 0.4) is 0 Å². The number of diazo groups is 1. The third-order valence-electron chi connectivity index (χ3n) is 0.691. The van der Waals surface area contributed by atoms with Gasteiger partial charge in [0.05, 0.1) is 5.39 Å². The number of rotatable bonds is 1. The van der Waals surface area contributed by atoms with Crippen LogP contribution in [0.4, 0.5) is 11.9 Å². The minimum Gasteiger partial charge on any atom is -1.00 e. The van der Waals surface area contributed by atoms with Gasteiger partial charge in [-0.15, -0.1) is 0 Å². The first-order chi connectivity index (χ1) is 4.86. The minimum atomic E-state index is -0.164. The van der Waals surface area contributed by atoms with E-state index in [1.54, 1.807) is 0 Å². The highest BCUT2D eigenvalue weighted by molar-refractivity contribution is 5.28. The van der Waals surface area contributed by atoms with E-state index in [1.807, 2.05) is 0 Å². The van der Waals surface area contributed by atoms with Crippen LogP contribution >= 0.6 is 0 Å². The van der Waals surface area contributed by atoms with Crippen molar-refractivity contribution in [1.82, 2.24) is 15.2 Å². The van der Waals surface area contributed by atoms with E-state index in [0.29, 0.717) is 0 Å².